The highest BCUT2D eigenvalue weighted by Crippen LogP contribution is 2.23. The highest BCUT2D eigenvalue weighted by Gasteiger charge is 2.29. The van der Waals surface area contributed by atoms with Gasteiger partial charge in [0.25, 0.3) is 0 Å². The van der Waals surface area contributed by atoms with E-state index in [0.29, 0.717) is 22.3 Å². The summed E-state index contributed by atoms with van der Waals surface area (Å²) in [6.45, 7) is 2.00. The molecule has 0 saturated carbocycles. The Labute approximate surface area is 161 Å². The Balaban J connectivity index is 1.99. The number of Topliss-reactive ketones (excluding diaryl/α,β-unsaturated/α-hetero) is 1. The summed E-state index contributed by atoms with van der Waals surface area (Å²) in [6, 6.07) is 11.7. The second kappa shape index (κ2) is 8.61. The Morgan fingerprint density at radius 2 is 1.50 bits per heavy atom. The van der Waals surface area contributed by atoms with Crippen molar-refractivity contribution in [2.45, 2.75) is 6.92 Å². The number of hydrogen-bond donors (Lipinski definition) is 0. The summed E-state index contributed by atoms with van der Waals surface area (Å²) in [5.41, 5.74) is 1.68. The summed E-state index contributed by atoms with van der Waals surface area (Å²) < 4.78 is 32.0. The minimum atomic E-state index is -0.551. The van der Waals surface area contributed by atoms with Crippen molar-refractivity contribution < 1.29 is 23.1 Å². The average molecular weight is 383 g/mol. The predicted octanol–water partition coefficient (Wildman–Crippen LogP) is 4.47. The molecule has 0 radical (unpaired) electrons. The zero-order chi connectivity index (χ0) is 20.1. The van der Waals surface area contributed by atoms with Crippen molar-refractivity contribution >= 4 is 24.0 Å². The van der Waals surface area contributed by atoms with E-state index in [1.807, 2.05) is 0 Å². The van der Waals surface area contributed by atoms with Crippen LogP contribution in [0.4, 0.5) is 13.6 Å². The third-order valence-electron chi connectivity index (χ3n) is 4.21. The van der Waals surface area contributed by atoms with Gasteiger partial charge in [-0.3, -0.25) is 9.69 Å². The van der Waals surface area contributed by atoms with E-state index in [2.05, 4.69) is 0 Å². The SMILES string of the molecule is CCOC(=O)N1CC(=Cc2cccc(F)c2)C(=O)C(=Cc2cccc(F)c2)C1. The standard InChI is InChI=1S/C22H19F2NO3/c1-2-28-22(27)25-13-17(9-15-5-3-7-19(23)11-15)21(26)18(14-25)10-16-6-4-8-20(24)12-16/h3-12H,2,13-14H2,1H3. The van der Waals surface area contributed by atoms with E-state index in [0.717, 1.165) is 0 Å². The molecule has 0 aliphatic carbocycles. The lowest BCUT2D eigenvalue weighted by molar-refractivity contribution is -0.113. The minimum Gasteiger partial charge on any atom is -0.450 e. The van der Waals surface area contributed by atoms with Crippen molar-refractivity contribution in [3.63, 3.8) is 0 Å². The van der Waals surface area contributed by atoms with Crippen molar-refractivity contribution in [2.75, 3.05) is 19.7 Å². The maximum Gasteiger partial charge on any atom is 0.410 e. The van der Waals surface area contributed by atoms with E-state index in [-0.39, 0.29) is 25.5 Å². The van der Waals surface area contributed by atoms with Gasteiger partial charge in [0.05, 0.1) is 19.7 Å². The molecule has 2 aromatic carbocycles. The number of carbonyl (C=O) groups is 2. The Kier molecular flexibility index (Phi) is 5.99. The number of benzene rings is 2. The number of carbonyl (C=O) groups excluding carboxylic acids is 2. The third-order valence-corrected chi connectivity index (χ3v) is 4.21. The number of likely N-dealkylation sites (tertiary alicyclic amines) is 1. The molecule has 2 aromatic rings. The molecule has 144 valence electrons. The maximum atomic E-state index is 13.5. The highest BCUT2D eigenvalue weighted by atomic mass is 19.1. The van der Waals surface area contributed by atoms with Crippen LogP contribution in [0.15, 0.2) is 59.7 Å². The van der Waals surface area contributed by atoms with Crippen LogP contribution in [0.1, 0.15) is 18.1 Å². The molecule has 1 aliphatic heterocycles. The molecule has 0 N–H and O–H groups in total. The number of amides is 1. The quantitative estimate of drug-likeness (QED) is 0.735. The molecule has 0 atom stereocenters. The van der Waals surface area contributed by atoms with Crippen molar-refractivity contribution in [3.8, 4) is 0 Å². The molecule has 1 heterocycles. The van der Waals surface area contributed by atoms with Crippen molar-refractivity contribution in [1.82, 2.24) is 4.90 Å². The number of nitrogens with zero attached hydrogens (tertiary/aromatic N) is 1. The lowest BCUT2D eigenvalue weighted by atomic mass is 9.94. The summed E-state index contributed by atoms with van der Waals surface area (Å²) in [5, 5.41) is 0. The van der Waals surface area contributed by atoms with Gasteiger partial charge in [-0.2, -0.15) is 0 Å². The van der Waals surface area contributed by atoms with Crippen LogP contribution in [-0.4, -0.2) is 36.5 Å². The molecule has 1 saturated heterocycles. The number of piperidine rings is 1. The fourth-order valence-electron chi connectivity index (χ4n) is 2.98. The molecule has 28 heavy (non-hydrogen) atoms. The summed E-state index contributed by atoms with van der Waals surface area (Å²) in [7, 11) is 0. The van der Waals surface area contributed by atoms with Gasteiger partial charge in [0.2, 0.25) is 0 Å². The second-order valence-corrected chi connectivity index (χ2v) is 6.33. The van der Waals surface area contributed by atoms with Crippen molar-refractivity contribution in [3.05, 3.63) is 82.4 Å². The lowest BCUT2D eigenvalue weighted by Crippen LogP contribution is -2.41. The molecule has 0 unspecified atom stereocenters. The number of ether oxygens (including phenoxy) is 1. The van der Waals surface area contributed by atoms with Gasteiger partial charge in [-0.1, -0.05) is 24.3 Å². The first-order valence-electron chi connectivity index (χ1n) is 8.85. The number of ketones is 1. The molecule has 0 spiro atoms. The molecule has 4 nitrogen and oxygen atoms in total. The minimum absolute atomic E-state index is 0.0503. The fraction of sp³-hybridized carbons (Fsp3) is 0.182. The molecular weight excluding hydrogens is 364 g/mol. The predicted molar refractivity (Wildman–Crippen MR) is 102 cm³/mol. The topological polar surface area (TPSA) is 46.6 Å². The van der Waals surface area contributed by atoms with Crippen LogP contribution in [-0.2, 0) is 9.53 Å². The third kappa shape index (κ3) is 4.71. The van der Waals surface area contributed by atoms with Crippen LogP contribution in [0.3, 0.4) is 0 Å². The van der Waals surface area contributed by atoms with E-state index in [1.54, 1.807) is 43.3 Å². The first kappa shape index (κ1) is 19.5. The first-order chi connectivity index (χ1) is 13.5. The Morgan fingerprint density at radius 1 is 1.00 bits per heavy atom. The number of hydrogen-bond acceptors (Lipinski definition) is 3. The molecule has 1 fully saturated rings. The van der Waals surface area contributed by atoms with Gasteiger partial charge < -0.3 is 4.74 Å². The number of halogens is 2. The van der Waals surface area contributed by atoms with Gasteiger partial charge in [0, 0.05) is 11.1 Å². The van der Waals surface area contributed by atoms with Gasteiger partial charge in [-0.15, -0.1) is 0 Å². The van der Waals surface area contributed by atoms with Gasteiger partial charge in [-0.05, 0) is 54.5 Å². The zero-order valence-corrected chi connectivity index (χ0v) is 15.3. The van der Waals surface area contributed by atoms with Crippen LogP contribution in [0.5, 0.6) is 0 Å². The van der Waals surface area contributed by atoms with Crippen LogP contribution < -0.4 is 0 Å². The van der Waals surface area contributed by atoms with Gasteiger partial charge in [0.1, 0.15) is 11.6 Å². The van der Waals surface area contributed by atoms with E-state index < -0.39 is 17.7 Å². The Hall–Kier alpha value is -3.28. The van der Waals surface area contributed by atoms with E-state index in [4.69, 9.17) is 4.74 Å². The largest absolute Gasteiger partial charge is 0.450 e. The smallest absolute Gasteiger partial charge is 0.410 e. The first-order valence-corrected chi connectivity index (χ1v) is 8.85. The molecule has 6 heteroatoms. The van der Waals surface area contributed by atoms with Gasteiger partial charge >= 0.3 is 6.09 Å². The van der Waals surface area contributed by atoms with Crippen LogP contribution in [0.25, 0.3) is 12.2 Å². The monoisotopic (exact) mass is 383 g/mol. The molecular formula is C22H19F2NO3. The van der Waals surface area contributed by atoms with E-state index in [9.17, 15) is 18.4 Å². The molecule has 0 bridgehead atoms. The molecule has 0 aromatic heterocycles. The number of rotatable bonds is 3. The van der Waals surface area contributed by atoms with E-state index in [1.165, 1.54) is 29.2 Å². The average Bonchev–Trinajstić information content (AvgIpc) is 2.65. The van der Waals surface area contributed by atoms with Crippen LogP contribution in [0, 0.1) is 11.6 Å². The Morgan fingerprint density at radius 3 is 1.93 bits per heavy atom. The zero-order valence-electron chi connectivity index (χ0n) is 15.3. The summed E-state index contributed by atoms with van der Waals surface area (Å²) >= 11 is 0. The summed E-state index contributed by atoms with van der Waals surface area (Å²) in [6.07, 6.45) is 2.55. The summed E-state index contributed by atoms with van der Waals surface area (Å²) in [5.74, 6) is -1.11. The highest BCUT2D eigenvalue weighted by molar-refractivity contribution is 6.15. The Bertz CT molecular complexity index is 898. The second-order valence-electron chi connectivity index (χ2n) is 6.33. The van der Waals surface area contributed by atoms with E-state index >= 15 is 0 Å². The summed E-state index contributed by atoms with van der Waals surface area (Å²) in [4.78, 5) is 26.5. The molecule has 1 aliphatic rings. The van der Waals surface area contributed by atoms with Crippen LogP contribution in [0.2, 0.25) is 0 Å². The van der Waals surface area contributed by atoms with Crippen molar-refractivity contribution in [1.29, 1.82) is 0 Å². The molecule has 1 amide bonds. The van der Waals surface area contributed by atoms with Crippen LogP contribution >= 0.6 is 0 Å². The molecule has 3 rings (SSSR count). The maximum absolute atomic E-state index is 13.5. The van der Waals surface area contributed by atoms with Crippen molar-refractivity contribution in [2.24, 2.45) is 0 Å². The normalized spacial score (nSPS) is 17.2. The van der Waals surface area contributed by atoms with Gasteiger partial charge in [-0.25, -0.2) is 13.6 Å². The lowest BCUT2D eigenvalue weighted by Gasteiger charge is -2.29. The van der Waals surface area contributed by atoms with Gasteiger partial charge in [0.15, 0.2) is 5.78 Å². The fourth-order valence-corrected chi connectivity index (χ4v) is 2.98.